The normalized spacial score (nSPS) is 10.6. The van der Waals surface area contributed by atoms with Gasteiger partial charge in [-0.3, -0.25) is 10.1 Å². The zero-order valence-corrected chi connectivity index (χ0v) is 7.64. The minimum absolute atomic E-state index is 0.677. The Kier molecular flexibility index (Phi) is 3.43. The molecule has 88 valence electrons. The van der Waals surface area contributed by atoms with Gasteiger partial charge in [0.1, 0.15) is 0 Å². The van der Waals surface area contributed by atoms with Gasteiger partial charge in [0.15, 0.2) is 11.6 Å². The van der Waals surface area contributed by atoms with E-state index in [1.54, 1.807) is 0 Å². The molecule has 0 spiro atoms. The van der Waals surface area contributed by atoms with Crippen LogP contribution in [0.2, 0.25) is 0 Å². The van der Waals surface area contributed by atoms with Crippen LogP contribution in [0.3, 0.4) is 0 Å². The Morgan fingerprint density at radius 3 is 1.81 bits per heavy atom. The molecule has 0 saturated heterocycles. The number of rotatable bonds is 3. The average Bonchev–Trinajstić information content (AvgIpc) is 2.21. The van der Waals surface area contributed by atoms with E-state index in [-0.39, 0.29) is 0 Å². The van der Waals surface area contributed by atoms with Crippen molar-refractivity contribution in [3.05, 3.63) is 38.9 Å². The van der Waals surface area contributed by atoms with Crippen LogP contribution >= 0.6 is 0 Å². The van der Waals surface area contributed by atoms with Gasteiger partial charge in [-0.05, 0) is 0 Å². The van der Waals surface area contributed by atoms with Crippen LogP contribution in [-0.4, -0.2) is 16.6 Å². The van der Waals surface area contributed by atoms with Gasteiger partial charge in [-0.15, -0.1) is 0 Å². The fourth-order valence-corrected chi connectivity index (χ4v) is 1.16. The molecule has 0 unspecified atom stereocenters. The van der Waals surface area contributed by atoms with Gasteiger partial charge in [-0.1, -0.05) is 0 Å². The van der Waals surface area contributed by atoms with Crippen molar-refractivity contribution in [3.8, 4) is 0 Å². The lowest BCUT2D eigenvalue weighted by atomic mass is 10.1. The Labute approximate surface area is 86.3 Å². The highest BCUT2D eigenvalue weighted by Crippen LogP contribution is 2.29. The molecule has 0 atom stereocenters. The molecule has 1 N–H and O–H groups in total. The van der Waals surface area contributed by atoms with Gasteiger partial charge in [0, 0.05) is 18.6 Å². The van der Waals surface area contributed by atoms with Crippen molar-refractivity contribution in [3.63, 3.8) is 0 Å². The lowest BCUT2D eigenvalue weighted by Gasteiger charge is -2.05. The quantitative estimate of drug-likeness (QED) is 0.378. The van der Waals surface area contributed by atoms with Gasteiger partial charge in [0.25, 0.3) is 0 Å². The number of nitro benzene ring substituents is 1. The van der Waals surface area contributed by atoms with Crippen LogP contribution in [0.1, 0.15) is 5.56 Å². The van der Waals surface area contributed by atoms with E-state index in [0.29, 0.717) is 0 Å². The van der Waals surface area contributed by atoms with Crippen molar-refractivity contribution < 1.29 is 27.6 Å². The topological polar surface area (TPSA) is 63.4 Å². The molecule has 0 aliphatic heterocycles. The highest BCUT2D eigenvalue weighted by Gasteiger charge is 2.32. The van der Waals surface area contributed by atoms with Crippen molar-refractivity contribution in [1.29, 1.82) is 0 Å². The molecule has 0 bridgehead atoms. The van der Waals surface area contributed by atoms with Gasteiger partial charge in [-0.2, -0.15) is 8.78 Å². The maximum atomic E-state index is 13.1. The van der Waals surface area contributed by atoms with Crippen LogP contribution in [0, 0.1) is 33.4 Å². The summed E-state index contributed by atoms with van der Waals surface area (Å²) in [6.07, 6.45) is -0.677. The predicted molar refractivity (Wildman–Crippen MR) is 43.7 cm³/mol. The molecule has 0 aliphatic carbocycles. The first-order chi connectivity index (χ1) is 7.41. The lowest BCUT2D eigenvalue weighted by Crippen LogP contribution is -2.09. The van der Waals surface area contributed by atoms with Crippen LogP contribution in [0.4, 0.5) is 23.2 Å². The van der Waals surface area contributed by atoms with Gasteiger partial charge in [-0.25, -0.2) is 8.78 Å². The van der Waals surface area contributed by atoms with Crippen molar-refractivity contribution in [2.45, 2.75) is 6.42 Å². The van der Waals surface area contributed by atoms with E-state index in [4.69, 9.17) is 5.11 Å². The van der Waals surface area contributed by atoms with E-state index in [0.717, 1.165) is 0 Å². The van der Waals surface area contributed by atoms with E-state index in [2.05, 4.69) is 0 Å². The Bertz CT molecular complexity index is 420. The SMILES string of the molecule is O=[N+]([O-])c1c(F)c(F)c(CCO)c(F)c1F. The van der Waals surface area contributed by atoms with Crippen molar-refractivity contribution >= 4 is 5.69 Å². The Morgan fingerprint density at radius 1 is 1.06 bits per heavy atom. The zero-order chi connectivity index (χ0) is 12.5. The summed E-state index contributed by atoms with van der Waals surface area (Å²) < 4.78 is 52.1. The first kappa shape index (κ1) is 12.4. The summed E-state index contributed by atoms with van der Waals surface area (Å²) in [4.78, 5) is 8.60. The largest absolute Gasteiger partial charge is 0.396 e. The fourth-order valence-electron chi connectivity index (χ4n) is 1.16. The summed E-state index contributed by atoms with van der Waals surface area (Å²) in [6, 6.07) is 0. The first-order valence-corrected chi connectivity index (χ1v) is 4.01. The predicted octanol–water partition coefficient (Wildman–Crippen LogP) is 1.69. The van der Waals surface area contributed by atoms with Crippen LogP contribution in [0.5, 0.6) is 0 Å². The third-order valence-electron chi connectivity index (χ3n) is 1.88. The monoisotopic (exact) mass is 239 g/mol. The van der Waals surface area contributed by atoms with E-state index < -0.39 is 52.5 Å². The van der Waals surface area contributed by atoms with E-state index in [1.165, 1.54) is 0 Å². The third kappa shape index (κ3) is 1.83. The smallest absolute Gasteiger partial charge is 0.346 e. The highest BCUT2D eigenvalue weighted by atomic mass is 19.2. The molecule has 8 heteroatoms. The number of hydrogen-bond acceptors (Lipinski definition) is 3. The number of benzene rings is 1. The molecule has 1 aromatic rings. The van der Waals surface area contributed by atoms with Crippen molar-refractivity contribution in [2.24, 2.45) is 0 Å². The molecular weight excluding hydrogens is 234 g/mol. The number of aliphatic hydroxyl groups is 1. The van der Waals surface area contributed by atoms with Crippen LogP contribution in [0.25, 0.3) is 0 Å². The first-order valence-electron chi connectivity index (χ1n) is 4.01. The van der Waals surface area contributed by atoms with Crippen molar-refractivity contribution in [2.75, 3.05) is 6.61 Å². The molecule has 0 aliphatic rings. The average molecular weight is 239 g/mol. The van der Waals surface area contributed by atoms with E-state index in [9.17, 15) is 27.7 Å². The summed E-state index contributed by atoms with van der Waals surface area (Å²) in [5.41, 5.74) is -2.93. The minimum atomic E-state index is -2.08. The number of halogens is 4. The molecule has 1 aromatic carbocycles. The second-order valence-electron chi connectivity index (χ2n) is 2.81. The summed E-state index contributed by atoms with van der Waals surface area (Å²) in [5, 5.41) is 18.6. The van der Waals surface area contributed by atoms with Crippen LogP contribution in [0.15, 0.2) is 0 Å². The molecule has 16 heavy (non-hydrogen) atoms. The number of nitro groups is 1. The highest BCUT2D eigenvalue weighted by molar-refractivity contribution is 5.39. The number of hydrogen-bond donors (Lipinski definition) is 1. The zero-order valence-electron chi connectivity index (χ0n) is 7.64. The van der Waals surface area contributed by atoms with Crippen LogP contribution in [-0.2, 0) is 6.42 Å². The Balaban J connectivity index is 3.56. The van der Waals surface area contributed by atoms with E-state index >= 15 is 0 Å². The summed E-state index contributed by atoms with van der Waals surface area (Å²) >= 11 is 0. The van der Waals surface area contributed by atoms with Crippen LogP contribution < -0.4 is 0 Å². The lowest BCUT2D eigenvalue weighted by molar-refractivity contribution is -0.390. The maximum Gasteiger partial charge on any atom is 0.346 e. The Morgan fingerprint density at radius 2 is 1.50 bits per heavy atom. The van der Waals surface area contributed by atoms with Gasteiger partial charge in [0.05, 0.1) is 4.92 Å². The molecule has 0 saturated carbocycles. The molecule has 0 amide bonds. The summed E-state index contributed by atoms with van der Waals surface area (Å²) in [6.45, 7) is -0.746. The standard InChI is InChI=1S/C8H5F4NO3/c9-4-3(1-2-14)5(10)7(12)8(6(4)11)13(15)16/h14H,1-2H2. The number of nitrogens with zero attached hydrogens (tertiary/aromatic N) is 1. The van der Waals surface area contributed by atoms with Gasteiger partial charge < -0.3 is 5.11 Å². The minimum Gasteiger partial charge on any atom is -0.396 e. The summed E-state index contributed by atoms with van der Waals surface area (Å²) in [7, 11) is 0. The summed E-state index contributed by atoms with van der Waals surface area (Å²) in [5.74, 6) is -7.88. The fraction of sp³-hybridized carbons (Fsp3) is 0.250. The molecule has 1 rings (SSSR count). The molecule has 0 aromatic heterocycles. The van der Waals surface area contributed by atoms with E-state index in [1.807, 2.05) is 0 Å². The molecule has 0 radical (unpaired) electrons. The second kappa shape index (κ2) is 4.44. The molecular formula is C8H5F4NO3. The molecule has 0 heterocycles. The van der Waals surface area contributed by atoms with Crippen molar-refractivity contribution in [1.82, 2.24) is 0 Å². The Hall–Kier alpha value is -1.70. The number of aliphatic hydroxyl groups excluding tert-OH is 1. The molecule has 4 nitrogen and oxygen atoms in total. The van der Waals surface area contributed by atoms with Gasteiger partial charge in [0.2, 0.25) is 11.6 Å². The molecule has 0 fully saturated rings. The maximum absolute atomic E-state index is 13.1. The third-order valence-corrected chi connectivity index (χ3v) is 1.88. The van der Waals surface area contributed by atoms with Gasteiger partial charge >= 0.3 is 5.69 Å². The second-order valence-corrected chi connectivity index (χ2v) is 2.81.